The van der Waals surface area contributed by atoms with Gasteiger partial charge >= 0.3 is 0 Å². The highest BCUT2D eigenvalue weighted by Gasteiger charge is 2.37. The van der Waals surface area contributed by atoms with E-state index in [4.69, 9.17) is 17.0 Å². The van der Waals surface area contributed by atoms with Gasteiger partial charge < -0.3 is 19.1 Å². The van der Waals surface area contributed by atoms with E-state index in [0.717, 1.165) is 41.6 Å². The summed E-state index contributed by atoms with van der Waals surface area (Å²) in [6.07, 6.45) is 7.11. The number of para-hydroxylation sites is 1. The second-order valence-electron chi connectivity index (χ2n) is 9.60. The number of likely N-dealkylation sites (tertiary alicyclic amines) is 1. The molecule has 2 saturated heterocycles. The molecule has 0 radical (unpaired) electrons. The van der Waals surface area contributed by atoms with Crippen LogP contribution in [0.2, 0.25) is 0 Å². The van der Waals surface area contributed by atoms with E-state index in [2.05, 4.69) is 6.92 Å². The van der Waals surface area contributed by atoms with E-state index in [1.165, 1.54) is 11.3 Å². The van der Waals surface area contributed by atoms with Crippen LogP contribution in [-0.4, -0.2) is 57.5 Å². The summed E-state index contributed by atoms with van der Waals surface area (Å²) in [6.45, 7) is 5.72. The lowest BCUT2D eigenvalue weighted by molar-refractivity contribution is -0.135. The Hall–Kier alpha value is -3.65. The normalized spacial score (nSPS) is 19.4. The van der Waals surface area contributed by atoms with Crippen molar-refractivity contribution in [2.45, 2.75) is 45.7 Å². The number of amides is 2. The number of ether oxygens (including phenoxy) is 1. The zero-order chi connectivity index (χ0) is 26.1. The van der Waals surface area contributed by atoms with E-state index >= 15 is 0 Å². The molecule has 0 bridgehead atoms. The second kappa shape index (κ2) is 10.4. The van der Waals surface area contributed by atoms with E-state index in [-0.39, 0.29) is 24.4 Å². The van der Waals surface area contributed by atoms with Gasteiger partial charge in [0.25, 0.3) is 5.91 Å². The van der Waals surface area contributed by atoms with Gasteiger partial charge in [0.05, 0.1) is 12.3 Å². The fraction of sp³-hybridized carbons (Fsp3) is 0.345. The van der Waals surface area contributed by atoms with Crippen LogP contribution in [0.25, 0.3) is 17.0 Å². The lowest BCUT2D eigenvalue weighted by Crippen LogP contribution is -2.43. The zero-order valence-electron chi connectivity index (χ0n) is 21.5. The topological polar surface area (TPSA) is 58.0 Å². The number of piperidine rings is 1. The van der Waals surface area contributed by atoms with Crippen molar-refractivity contribution in [1.29, 1.82) is 0 Å². The van der Waals surface area contributed by atoms with Crippen molar-refractivity contribution in [1.82, 2.24) is 14.4 Å². The Morgan fingerprint density at radius 1 is 1.14 bits per heavy atom. The number of likely N-dealkylation sites (N-methyl/N-ethyl adjacent to an activating group) is 1. The number of rotatable bonds is 6. The standard InChI is InChI=1S/C29H32N4O3S/c1-4-36-23-14-12-22(13-15-23)33-28(35)26(30(3)29(33)37)17-21-18-31(25-11-6-5-10-24(21)25)19-27(34)32-16-8-7-9-20(32)2/h5-6,10-15,17-18,20H,4,7-9,16,19H2,1-3H3/b26-17-/t20-/m0/s1. The molecule has 0 aliphatic carbocycles. The number of thiocarbonyl (C=S) groups is 1. The van der Waals surface area contributed by atoms with Crippen molar-refractivity contribution in [2.75, 3.05) is 25.1 Å². The number of benzene rings is 2. The Kier molecular flexibility index (Phi) is 7.02. The van der Waals surface area contributed by atoms with E-state index in [1.807, 2.05) is 77.2 Å². The number of anilines is 1. The van der Waals surface area contributed by atoms with Crippen LogP contribution in [-0.2, 0) is 16.1 Å². The summed E-state index contributed by atoms with van der Waals surface area (Å²) in [7, 11) is 1.81. The molecule has 8 heteroatoms. The van der Waals surface area contributed by atoms with E-state index < -0.39 is 0 Å². The lowest BCUT2D eigenvalue weighted by atomic mass is 10.0. The number of aromatic nitrogens is 1. The maximum atomic E-state index is 13.5. The molecule has 0 saturated carbocycles. The molecular formula is C29H32N4O3S. The fourth-order valence-corrected chi connectivity index (χ4v) is 5.50. The van der Waals surface area contributed by atoms with Crippen LogP contribution in [0.15, 0.2) is 60.4 Å². The monoisotopic (exact) mass is 516 g/mol. The van der Waals surface area contributed by atoms with Gasteiger partial charge in [-0.2, -0.15) is 0 Å². The summed E-state index contributed by atoms with van der Waals surface area (Å²) in [5.41, 5.74) is 3.02. The summed E-state index contributed by atoms with van der Waals surface area (Å²) in [6, 6.07) is 15.6. The average molecular weight is 517 g/mol. The maximum Gasteiger partial charge on any atom is 0.281 e. The lowest BCUT2D eigenvalue weighted by Gasteiger charge is -2.33. The molecular weight excluding hydrogens is 484 g/mol. The largest absolute Gasteiger partial charge is 0.494 e. The van der Waals surface area contributed by atoms with Crippen LogP contribution in [0.3, 0.4) is 0 Å². The first-order valence-corrected chi connectivity index (χ1v) is 13.2. The van der Waals surface area contributed by atoms with Crippen molar-refractivity contribution >= 4 is 51.8 Å². The summed E-state index contributed by atoms with van der Waals surface area (Å²) in [5.74, 6) is 0.685. The Labute approximate surface area is 222 Å². The number of carbonyl (C=O) groups excluding carboxylic acids is 2. The number of fused-ring (bicyclic) bond motifs is 1. The highest BCUT2D eigenvalue weighted by molar-refractivity contribution is 7.80. The van der Waals surface area contributed by atoms with Gasteiger partial charge in [0.1, 0.15) is 18.0 Å². The smallest absolute Gasteiger partial charge is 0.281 e. The number of carbonyl (C=O) groups is 2. The fourth-order valence-electron chi connectivity index (χ4n) is 5.22. The first kappa shape index (κ1) is 25.0. The summed E-state index contributed by atoms with van der Waals surface area (Å²) in [4.78, 5) is 32.0. The molecule has 2 fully saturated rings. The third-order valence-electron chi connectivity index (χ3n) is 7.21. The minimum atomic E-state index is -0.188. The third kappa shape index (κ3) is 4.73. The highest BCUT2D eigenvalue weighted by Crippen LogP contribution is 2.31. The molecule has 1 atom stereocenters. The van der Waals surface area contributed by atoms with Crippen molar-refractivity contribution in [3.8, 4) is 5.75 Å². The molecule has 192 valence electrons. The predicted octanol–water partition coefficient (Wildman–Crippen LogP) is 5.05. The molecule has 7 nitrogen and oxygen atoms in total. The van der Waals surface area contributed by atoms with Gasteiger partial charge in [-0.25, -0.2) is 0 Å². The molecule has 2 aliphatic rings. The Bertz CT molecular complexity index is 1380. The van der Waals surface area contributed by atoms with Gasteiger partial charge in [0, 0.05) is 42.3 Å². The number of nitrogens with zero attached hydrogens (tertiary/aromatic N) is 4. The summed E-state index contributed by atoms with van der Waals surface area (Å²) >= 11 is 5.64. The van der Waals surface area contributed by atoms with Gasteiger partial charge in [0.15, 0.2) is 5.11 Å². The molecule has 2 amide bonds. The van der Waals surface area contributed by atoms with Crippen LogP contribution in [0.5, 0.6) is 5.75 Å². The molecule has 3 heterocycles. The Balaban J connectivity index is 1.46. The van der Waals surface area contributed by atoms with Crippen molar-refractivity contribution in [3.63, 3.8) is 0 Å². The van der Waals surface area contributed by atoms with Crippen LogP contribution < -0.4 is 9.64 Å². The van der Waals surface area contributed by atoms with E-state index in [1.54, 1.807) is 11.9 Å². The average Bonchev–Trinajstić information content (AvgIpc) is 3.34. The predicted molar refractivity (Wildman–Crippen MR) is 150 cm³/mol. The minimum absolute atomic E-state index is 0.129. The van der Waals surface area contributed by atoms with Gasteiger partial charge in [-0.05, 0) is 81.7 Å². The molecule has 3 aromatic rings. The zero-order valence-corrected chi connectivity index (χ0v) is 22.3. The number of hydrogen-bond donors (Lipinski definition) is 0. The molecule has 2 aromatic carbocycles. The van der Waals surface area contributed by atoms with Crippen molar-refractivity contribution < 1.29 is 14.3 Å². The Morgan fingerprint density at radius 2 is 1.89 bits per heavy atom. The molecule has 2 aliphatic heterocycles. The minimum Gasteiger partial charge on any atom is -0.494 e. The van der Waals surface area contributed by atoms with Gasteiger partial charge in [-0.1, -0.05) is 18.2 Å². The summed E-state index contributed by atoms with van der Waals surface area (Å²) in [5, 5.41) is 1.40. The third-order valence-corrected chi connectivity index (χ3v) is 7.66. The quantitative estimate of drug-likeness (QED) is 0.339. The first-order chi connectivity index (χ1) is 17.9. The van der Waals surface area contributed by atoms with Crippen LogP contribution >= 0.6 is 12.2 Å². The van der Waals surface area contributed by atoms with Gasteiger partial charge in [-0.3, -0.25) is 14.5 Å². The highest BCUT2D eigenvalue weighted by atomic mass is 32.1. The van der Waals surface area contributed by atoms with Crippen LogP contribution in [0.4, 0.5) is 5.69 Å². The molecule has 0 N–H and O–H groups in total. The molecule has 0 unspecified atom stereocenters. The molecule has 1 aromatic heterocycles. The van der Waals surface area contributed by atoms with Crippen LogP contribution in [0.1, 0.15) is 38.7 Å². The second-order valence-corrected chi connectivity index (χ2v) is 9.97. The molecule has 37 heavy (non-hydrogen) atoms. The van der Waals surface area contributed by atoms with Crippen LogP contribution in [0, 0.1) is 0 Å². The van der Waals surface area contributed by atoms with Gasteiger partial charge in [-0.15, -0.1) is 0 Å². The van der Waals surface area contributed by atoms with Crippen molar-refractivity contribution in [2.24, 2.45) is 0 Å². The Morgan fingerprint density at radius 3 is 2.62 bits per heavy atom. The molecule has 5 rings (SSSR count). The number of hydrogen-bond acceptors (Lipinski definition) is 4. The van der Waals surface area contributed by atoms with E-state index in [9.17, 15) is 9.59 Å². The van der Waals surface area contributed by atoms with Crippen molar-refractivity contribution in [3.05, 3.63) is 66.0 Å². The molecule has 0 spiro atoms. The summed E-state index contributed by atoms with van der Waals surface area (Å²) < 4.78 is 7.52. The van der Waals surface area contributed by atoms with E-state index in [0.29, 0.717) is 23.1 Å². The first-order valence-electron chi connectivity index (χ1n) is 12.8. The van der Waals surface area contributed by atoms with Gasteiger partial charge in [0.2, 0.25) is 5.91 Å². The maximum absolute atomic E-state index is 13.5. The SMILES string of the molecule is CCOc1ccc(N2C(=O)/C(=C/c3cn(CC(=O)N4CCCC[C@@H]4C)c4ccccc34)N(C)C2=S)cc1.